The van der Waals surface area contributed by atoms with Gasteiger partial charge in [-0.05, 0) is 36.0 Å². The molecule has 0 bridgehead atoms. The first-order valence-corrected chi connectivity index (χ1v) is 6.10. The maximum atomic E-state index is 3.47. The number of alkyl halides is 1. The molecule has 0 unspecified atom stereocenters. The van der Waals surface area contributed by atoms with Crippen molar-refractivity contribution in [2.75, 3.05) is 5.33 Å². The Morgan fingerprint density at radius 1 is 1.08 bits per heavy atom. The molecule has 1 rings (SSSR count). The Labute approximate surface area is 89.5 Å². The molecule has 1 aromatic carbocycles. The highest BCUT2D eigenvalue weighted by Crippen LogP contribution is 2.14. The van der Waals surface area contributed by atoms with E-state index in [-0.39, 0.29) is 0 Å². The van der Waals surface area contributed by atoms with Gasteiger partial charge in [0.1, 0.15) is 0 Å². The lowest BCUT2D eigenvalue weighted by Gasteiger charge is -2.07. The first kappa shape index (κ1) is 10.8. The molecule has 0 spiro atoms. The van der Waals surface area contributed by atoms with E-state index in [1.54, 1.807) is 0 Å². The maximum absolute atomic E-state index is 3.47. The quantitative estimate of drug-likeness (QED) is 0.704. The van der Waals surface area contributed by atoms with Crippen LogP contribution in [-0.4, -0.2) is 5.33 Å². The van der Waals surface area contributed by atoms with Gasteiger partial charge in [-0.1, -0.05) is 48.0 Å². The van der Waals surface area contributed by atoms with Gasteiger partial charge in [0.25, 0.3) is 0 Å². The first-order valence-electron chi connectivity index (χ1n) is 4.98. The van der Waals surface area contributed by atoms with Crippen LogP contribution in [0.4, 0.5) is 0 Å². The minimum atomic E-state index is 1.06. The van der Waals surface area contributed by atoms with Gasteiger partial charge in [0.2, 0.25) is 0 Å². The van der Waals surface area contributed by atoms with Crippen LogP contribution in [-0.2, 0) is 19.3 Å². The minimum absolute atomic E-state index is 1.06. The van der Waals surface area contributed by atoms with Gasteiger partial charge < -0.3 is 0 Å². The molecule has 0 aliphatic carbocycles. The fourth-order valence-corrected chi connectivity index (χ4v) is 2.08. The average Bonchev–Trinajstić information content (AvgIpc) is 2.18. The summed E-state index contributed by atoms with van der Waals surface area (Å²) in [5.41, 5.74) is 4.47. The molecule has 0 nitrogen and oxygen atoms in total. The maximum Gasteiger partial charge on any atom is 0.00718 e. The van der Waals surface area contributed by atoms with Crippen molar-refractivity contribution in [3.05, 3.63) is 34.9 Å². The molecule has 72 valence electrons. The lowest BCUT2D eigenvalue weighted by atomic mass is 9.99. The third kappa shape index (κ3) is 2.84. The highest BCUT2D eigenvalue weighted by Gasteiger charge is 1.99. The van der Waals surface area contributed by atoms with E-state index in [2.05, 4.69) is 48.0 Å². The predicted octanol–water partition coefficient (Wildman–Crippen LogP) is 3.75. The number of rotatable bonds is 4. The van der Waals surface area contributed by atoms with Crippen LogP contribution >= 0.6 is 15.9 Å². The minimum Gasteiger partial charge on any atom is -0.0924 e. The van der Waals surface area contributed by atoms with Gasteiger partial charge in [0.05, 0.1) is 0 Å². The molecule has 0 fully saturated rings. The van der Waals surface area contributed by atoms with E-state index in [0.717, 1.165) is 24.6 Å². The number of halogens is 1. The van der Waals surface area contributed by atoms with Crippen LogP contribution in [0.2, 0.25) is 0 Å². The molecule has 0 N–H and O–H groups in total. The van der Waals surface area contributed by atoms with Crippen LogP contribution in [0, 0.1) is 0 Å². The zero-order valence-electron chi connectivity index (χ0n) is 8.44. The Kier molecular flexibility index (Phi) is 4.51. The van der Waals surface area contributed by atoms with Crippen LogP contribution in [0.3, 0.4) is 0 Å². The molecule has 0 aliphatic rings. The summed E-state index contributed by atoms with van der Waals surface area (Å²) < 4.78 is 0. The van der Waals surface area contributed by atoms with E-state index in [1.807, 2.05) is 0 Å². The Morgan fingerprint density at radius 2 is 1.77 bits per heavy atom. The molecule has 1 heteroatoms. The average molecular weight is 241 g/mol. The predicted molar refractivity (Wildman–Crippen MR) is 62.7 cm³/mol. The normalized spacial score (nSPS) is 10.4. The monoisotopic (exact) mass is 240 g/mol. The number of hydrogen-bond donors (Lipinski definition) is 0. The number of benzene rings is 1. The Morgan fingerprint density at radius 3 is 2.31 bits per heavy atom. The Balaban J connectivity index is 2.91. The highest BCUT2D eigenvalue weighted by molar-refractivity contribution is 9.09. The molecule has 0 saturated carbocycles. The van der Waals surface area contributed by atoms with Crippen LogP contribution < -0.4 is 0 Å². The summed E-state index contributed by atoms with van der Waals surface area (Å²) in [5.74, 6) is 0. The van der Waals surface area contributed by atoms with Crippen LogP contribution in [0.15, 0.2) is 18.2 Å². The van der Waals surface area contributed by atoms with Crippen molar-refractivity contribution in [3.8, 4) is 0 Å². The topological polar surface area (TPSA) is 0 Å². The van der Waals surface area contributed by atoms with Crippen molar-refractivity contribution >= 4 is 15.9 Å². The molecule has 13 heavy (non-hydrogen) atoms. The van der Waals surface area contributed by atoms with Gasteiger partial charge in [0, 0.05) is 5.33 Å². The second-order valence-corrected chi connectivity index (χ2v) is 4.04. The third-order valence-electron chi connectivity index (χ3n) is 2.42. The molecule has 0 aliphatic heterocycles. The van der Waals surface area contributed by atoms with Gasteiger partial charge in [-0.15, -0.1) is 0 Å². The molecular weight excluding hydrogens is 224 g/mol. The molecule has 0 aromatic heterocycles. The van der Waals surface area contributed by atoms with Crippen molar-refractivity contribution in [3.63, 3.8) is 0 Å². The van der Waals surface area contributed by atoms with Gasteiger partial charge in [-0.3, -0.25) is 0 Å². The molecule has 0 heterocycles. The van der Waals surface area contributed by atoms with Crippen molar-refractivity contribution in [1.29, 1.82) is 0 Å². The first-order chi connectivity index (χ1) is 6.31. The van der Waals surface area contributed by atoms with Gasteiger partial charge in [-0.2, -0.15) is 0 Å². The largest absolute Gasteiger partial charge is 0.0924 e. The van der Waals surface area contributed by atoms with Crippen molar-refractivity contribution in [2.45, 2.75) is 33.1 Å². The van der Waals surface area contributed by atoms with Crippen molar-refractivity contribution < 1.29 is 0 Å². The molecule has 0 atom stereocenters. The van der Waals surface area contributed by atoms with Crippen LogP contribution in [0.1, 0.15) is 30.5 Å². The van der Waals surface area contributed by atoms with E-state index in [0.29, 0.717) is 0 Å². The van der Waals surface area contributed by atoms with Crippen LogP contribution in [0.25, 0.3) is 0 Å². The van der Waals surface area contributed by atoms with E-state index >= 15 is 0 Å². The smallest absolute Gasteiger partial charge is 0.00718 e. The van der Waals surface area contributed by atoms with Gasteiger partial charge >= 0.3 is 0 Å². The standard InChI is InChI=1S/C12H17Br/c1-3-11-6-5-10(7-8-13)9-12(11)4-2/h5-6,9H,3-4,7-8H2,1-2H3. The summed E-state index contributed by atoms with van der Waals surface area (Å²) in [6, 6.07) is 6.87. The fraction of sp³-hybridized carbons (Fsp3) is 0.500. The zero-order valence-corrected chi connectivity index (χ0v) is 10.0. The number of hydrogen-bond acceptors (Lipinski definition) is 0. The molecular formula is C12H17Br. The summed E-state index contributed by atoms with van der Waals surface area (Å²) in [7, 11) is 0. The van der Waals surface area contributed by atoms with Crippen molar-refractivity contribution in [1.82, 2.24) is 0 Å². The Hall–Kier alpha value is -0.300. The Bertz CT molecular complexity index is 266. The number of aryl methyl sites for hydroxylation is 3. The second kappa shape index (κ2) is 5.43. The second-order valence-electron chi connectivity index (χ2n) is 3.25. The highest BCUT2D eigenvalue weighted by atomic mass is 79.9. The molecule has 1 aromatic rings. The third-order valence-corrected chi connectivity index (χ3v) is 2.81. The van der Waals surface area contributed by atoms with Crippen LogP contribution in [0.5, 0.6) is 0 Å². The van der Waals surface area contributed by atoms with E-state index in [4.69, 9.17) is 0 Å². The zero-order chi connectivity index (χ0) is 9.68. The summed E-state index contributed by atoms with van der Waals surface area (Å²) in [6.45, 7) is 4.45. The summed E-state index contributed by atoms with van der Waals surface area (Å²) in [4.78, 5) is 0. The molecule has 0 amide bonds. The molecule has 0 radical (unpaired) electrons. The lowest BCUT2D eigenvalue weighted by Crippen LogP contribution is -1.94. The van der Waals surface area contributed by atoms with E-state index in [1.165, 1.54) is 16.7 Å². The summed E-state index contributed by atoms with van der Waals surface area (Å²) >= 11 is 3.47. The van der Waals surface area contributed by atoms with E-state index in [9.17, 15) is 0 Å². The SMILES string of the molecule is CCc1ccc(CCBr)cc1CC. The lowest BCUT2D eigenvalue weighted by molar-refractivity contribution is 1.02. The van der Waals surface area contributed by atoms with Gasteiger partial charge in [-0.25, -0.2) is 0 Å². The fourth-order valence-electron chi connectivity index (χ4n) is 1.62. The summed E-state index contributed by atoms with van der Waals surface area (Å²) in [5, 5.41) is 1.06. The van der Waals surface area contributed by atoms with E-state index < -0.39 is 0 Å². The van der Waals surface area contributed by atoms with Crippen molar-refractivity contribution in [2.24, 2.45) is 0 Å². The van der Waals surface area contributed by atoms with Gasteiger partial charge in [0.15, 0.2) is 0 Å². The summed E-state index contributed by atoms with van der Waals surface area (Å²) in [6.07, 6.45) is 3.44. The molecule has 0 saturated heterocycles.